The normalized spacial score (nSPS) is 17.4. The van der Waals surface area contributed by atoms with Crippen molar-refractivity contribution >= 4 is 38.9 Å². The third-order valence-electron chi connectivity index (χ3n) is 7.97. The lowest BCUT2D eigenvalue weighted by Gasteiger charge is -2.38. The summed E-state index contributed by atoms with van der Waals surface area (Å²) in [6.45, 7) is 3.49. The number of sulfonamides is 1. The topological polar surface area (TPSA) is 138 Å². The molecule has 46 heavy (non-hydrogen) atoms. The SMILES string of the molecule is COc1ccc(S(=O)(=O)N(C)C[C@@H]2Oc3c(NC(=O)c4ccc(-c5nccs5)cc4)cccc3C(=O)N([C@@H](C)CO)C[C@@H]2C)cc1. The van der Waals surface area contributed by atoms with Crippen molar-refractivity contribution in [2.75, 3.05) is 39.2 Å². The lowest BCUT2D eigenvalue weighted by molar-refractivity contribution is 0.0388. The third-order valence-corrected chi connectivity index (χ3v) is 10.6. The van der Waals surface area contributed by atoms with E-state index in [4.69, 9.17) is 9.47 Å². The van der Waals surface area contributed by atoms with Crippen molar-refractivity contribution in [1.82, 2.24) is 14.2 Å². The summed E-state index contributed by atoms with van der Waals surface area (Å²) in [6.07, 6.45) is 0.988. The number of nitrogens with one attached hydrogen (secondary N) is 1. The number of methoxy groups -OCH3 is 1. The Balaban J connectivity index is 1.46. The molecule has 1 aliphatic heterocycles. The number of thiazole rings is 1. The summed E-state index contributed by atoms with van der Waals surface area (Å²) in [5.41, 5.74) is 1.72. The fourth-order valence-corrected chi connectivity index (χ4v) is 6.99. The Morgan fingerprint density at radius 3 is 2.52 bits per heavy atom. The Bertz CT molecular complexity index is 1780. The van der Waals surface area contributed by atoms with E-state index >= 15 is 0 Å². The van der Waals surface area contributed by atoms with Gasteiger partial charge < -0.3 is 24.8 Å². The van der Waals surface area contributed by atoms with Crippen molar-refractivity contribution < 1.29 is 32.6 Å². The number of rotatable bonds is 10. The van der Waals surface area contributed by atoms with E-state index in [1.165, 1.54) is 41.9 Å². The molecule has 1 aliphatic rings. The van der Waals surface area contributed by atoms with Gasteiger partial charge in [-0.05, 0) is 55.5 Å². The van der Waals surface area contributed by atoms with Crippen molar-refractivity contribution in [3.63, 3.8) is 0 Å². The number of aliphatic hydroxyl groups excluding tert-OH is 1. The molecular weight excluding hydrogens is 629 g/mol. The molecule has 11 nitrogen and oxygen atoms in total. The number of amides is 2. The summed E-state index contributed by atoms with van der Waals surface area (Å²) in [5, 5.41) is 15.6. The Hall–Kier alpha value is -4.30. The smallest absolute Gasteiger partial charge is 0.258 e. The van der Waals surface area contributed by atoms with E-state index < -0.39 is 28.1 Å². The summed E-state index contributed by atoms with van der Waals surface area (Å²) >= 11 is 1.50. The van der Waals surface area contributed by atoms with Crippen molar-refractivity contribution in [3.05, 3.63) is 89.4 Å². The van der Waals surface area contributed by atoms with Crippen LogP contribution in [0.25, 0.3) is 10.6 Å². The molecule has 2 heterocycles. The molecule has 242 valence electrons. The highest BCUT2D eigenvalue weighted by atomic mass is 32.2. The number of ether oxygens (including phenoxy) is 2. The molecule has 1 aromatic heterocycles. The predicted octanol–water partition coefficient (Wildman–Crippen LogP) is 4.61. The third kappa shape index (κ3) is 6.92. The molecule has 0 fully saturated rings. The number of carbonyl (C=O) groups is 2. The number of fused-ring (bicyclic) bond motifs is 1. The second-order valence-electron chi connectivity index (χ2n) is 11.1. The first-order valence-electron chi connectivity index (χ1n) is 14.7. The molecule has 13 heteroatoms. The lowest BCUT2D eigenvalue weighted by Crippen LogP contribution is -2.50. The van der Waals surface area contributed by atoms with Crippen LogP contribution in [0.4, 0.5) is 5.69 Å². The molecule has 0 unspecified atom stereocenters. The Kier molecular flexibility index (Phi) is 10.1. The van der Waals surface area contributed by atoms with Gasteiger partial charge in [0.25, 0.3) is 11.8 Å². The number of aromatic nitrogens is 1. The van der Waals surface area contributed by atoms with Gasteiger partial charge in [-0.2, -0.15) is 4.31 Å². The van der Waals surface area contributed by atoms with Gasteiger partial charge in [0.1, 0.15) is 16.9 Å². The highest BCUT2D eigenvalue weighted by Crippen LogP contribution is 2.36. The first kappa shape index (κ1) is 33.1. The van der Waals surface area contributed by atoms with Gasteiger partial charge in [-0.25, -0.2) is 13.4 Å². The molecule has 0 spiro atoms. The van der Waals surface area contributed by atoms with Crippen LogP contribution in [0.1, 0.15) is 34.6 Å². The van der Waals surface area contributed by atoms with Crippen LogP contribution in [-0.4, -0.2) is 85.5 Å². The molecule has 2 N–H and O–H groups in total. The van der Waals surface area contributed by atoms with Gasteiger partial charge in [-0.3, -0.25) is 9.59 Å². The molecule has 4 aromatic rings. The van der Waals surface area contributed by atoms with E-state index in [0.29, 0.717) is 11.3 Å². The van der Waals surface area contributed by atoms with Crippen LogP contribution in [0.2, 0.25) is 0 Å². The number of aliphatic hydroxyl groups is 1. The standard InChI is InChI=1S/C33H36N4O7S2/c1-21-18-37(22(2)20-38)33(40)27-6-5-7-28(35-31(39)23-8-10-24(11-9-23)32-34-16-17-45-32)30(27)44-29(21)19-36(3)46(41,42)26-14-12-25(43-4)13-15-26/h5-17,21-22,29,38H,18-20H2,1-4H3,(H,35,39)/t21-,22-,29-/m0/s1. The van der Waals surface area contributed by atoms with Gasteiger partial charge >= 0.3 is 0 Å². The van der Waals surface area contributed by atoms with Gasteiger partial charge in [0.2, 0.25) is 10.0 Å². The molecule has 0 bridgehead atoms. The van der Waals surface area contributed by atoms with Crippen LogP contribution in [-0.2, 0) is 10.0 Å². The average molecular weight is 665 g/mol. The summed E-state index contributed by atoms with van der Waals surface area (Å²) in [4.78, 5) is 33.2. The fraction of sp³-hybridized carbons (Fsp3) is 0.303. The summed E-state index contributed by atoms with van der Waals surface area (Å²) < 4.78 is 39.9. The monoisotopic (exact) mass is 664 g/mol. The second kappa shape index (κ2) is 14.0. The highest BCUT2D eigenvalue weighted by molar-refractivity contribution is 7.89. The molecule has 2 amide bonds. The summed E-state index contributed by atoms with van der Waals surface area (Å²) in [5.74, 6) is -0.488. The first-order valence-corrected chi connectivity index (χ1v) is 17.0. The maximum atomic E-state index is 13.8. The molecule has 3 aromatic carbocycles. The van der Waals surface area contributed by atoms with E-state index in [1.54, 1.807) is 60.5 Å². The molecule has 0 aliphatic carbocycles. The zero-order chi connectivity index (χ0) is 33.0. The van der Waals surface area contributed by atoms with E-state index in [-0.39, 0.29) is 53.4 Å². The van der Waals surface area contributed by atoms with Crippen LogP contribution in [0.5, 0.6) is 11.5 Å². The van der Waals surface area contributed by atoms with Gasteiger partial charge in [0.05, 0.1) is 42.4 Å². The molecule has 0 radical (unpaired) electrons. The van der Waals surface area contributed by atoms with E-state index in [2.05, 4.69) is 10.3 Å². The van der Waals surface area contributed by atoms with Crippen molar-refractivity contribution in [1.29, 1.82) is 0 Å². The average Bonchev–Trinajstić information content (AvgIpc) is 3.61. The van der Waals surface area contributed by atoms with Crippen molar-refractivity contribution in [2.24, 2.45) is 5.92 Å². The minimum absolute atomic E-state index is 0.0506. The minimum atomic E-state index is -3.91. The number of anilines is 1. The largest absolute Gasteiger partial charge is 0.497 e. The van der Waals surface area contributed by atoms with E-state index in [0.717, 1.165) is 10.6 Å². The summed E-state index contributed by atoms with van der Waals surface area (Å²) in [6, 6.07) is 17.5. The van der Waals surface area contributed by atoms with Crippen molar-refractivity contribution in [3.8, 4) is 22.1 Å². The maximum Gasteiger partial charge on any atom is 0.258 e. The predicted molar refractivity (Wildman–Crippen MR) is 176 cm³/mol. The zero-order valence-corrected chi connectivity index (χ0v) is 27.5. The van der Waals surface area contributed by atoms with Gasteiger partial charge in [-0.15, -0.1) is 11.3 Å². The quantitative estimate of drug-likeness (QED) is 0.251. The lowest BCUT2D eigenvalue weighted by atomic mass is 9.99. The molecule has 0 saturated carbocycles. The van der Waals surface area contributed by atoms with Crippen LogP contribution < -0.4 is 14.8 Å². The van der Waals surface area contributed by atoms with Gasteiger partial charge in [0, 0.05) is 42.2 Å². The van der Waals surface area contributed by atoms with Gasteiger partial charge in [-0.1, -0.05) is 25.1 Å². The first-order chi connectivity index (χ1) is 22.0. The number of hydrogen-bond donors (Lipinski definition) is 2. The summed E-state index contributed by atoms with van der Waals surface area (Å²) in [7, 11) is -0.939. The van der Waals surface area contributed by atoms with Gasteiger partial charge in [0.15, 0.2) is 5.75 Å². The number of benzene rings is 3. The van der Waals surface area contributed by atoms with E-state index in [9.17, 15) is 23.1 Å². The Morgan fingerprint density at radius 1 is 1.17 bits per heavy atom. The number of para-hydroxylation sites is 1. The Labute approximate surface area is 272 Å². The van der Waals surface area contributed by atoms with Crippen LogP contribution in [0.3, 0.4) is 0 Å². The molecule has 3 atom stereocenters. The number of carbonyl (C=O) groups excluding carboxylic acids is 2. The number of likely N-dealkylation sites (N-methyl/N-ethyl adjacent to an activating group) is 1. The minimum Gasteiger partial charge on any atom is -0.497 e. The number of nitrogens with zero attached hydrogens (tertiary/aromatic N) is 3. The van der Waals surface area contributed by atoms with Crippen LogP contribution >= 0.6 is 11.3 Å². The zero-order valence-electron chi connectivity index (χ0n) is 25.9. The maximum absolute atomic E-state index is 13.8. The highest BCUT2D eigenvalue weighted by Gasteiger charge is 2.36. The van der Waals surface area contributed by atoms with E-state index in [1.807, 2.05) is 24.4 Å². The number of hydrogen-bond acceptors (Lipinski definition) is 9. The second-order valence-corrected chi connectivity index (χ2v) is 14.1. The molecular formula is C33H36N4O7S2. The van der Waals surface area contributed by atoms with Crippen LogP contribution in [0.15, 0.2) is 83.2 Å². The molecule has 0 saturated heterocycles. The van der Waals surface area contributed by atoms with Crippen molar-refractivity contribution in [2.45, 2.75) is 30.9 Å². The van der Waals surface area contributed by atoms with Crippen LogP contribution in [0, 0.1) is 5.92 Å². The molecule has 5 rings (SSSR count). The Morgan fingerprint density at radius 2 is 1.89 bits per heavy atom. The fourth-order valence-electron chi connectivity index (χ4n) is 5.16.